The lowest BCUT2D eigenvalue weighted by Gasteiger charge is -2.19. The molecule has 1 amide bonds. The third-order valence-corrected chi connectivity index (χ3v) is 8.20. The number of nitrogens with one attached hydrogen (secondary N) is 2. The van der Waals surface area contributed by atoms with Gasteiger partial charge in [-0.25, -0.2) is 19.2 Å². The number of methoxy groups -OCH3 is 1. The summed E-state index contributed by atoms with van der Waals surface area (Å²) < 4.78 is 50.4. The smallest absolute Gasteiger partial charge is 0.412 e. The number of benzene rings is 2. The maximum atomic E-state index is 16.6. The zero-order valence-corrected chi connectivity index (χ0v) is 32.6. The van der Waals surface area contributed by atoms with Crippen LogP contribution in [0.15, 0.2) is 54.9 Å². The van der Waals surface area contributed by atoms with Gasteiger partial charge in [-0.2, -0.15) is 4.98 Å². The van der Waals surface area contributed by atoms with Crippen molar-refractivity contribution in [2.75, 3.05) is 33.7 Å². The number of hydrogen-bond acceptors (Lipinski definition) is 14. The molecule has 2 heterocycles. The fourth-order valence-electron chi connectivity index (χ4n) is 5.25. The van der Waals surface area contributed by atoms with E-state index in [0.717, 1.165) is 0 Å². The molecule has 1 atom stereocenters. The van der Waals surface area contributed by atoms with Crippen LogP contribution in [-0.2, 0) is 30.2 Å². The lowest BCUT2D eigenvalue weighted by atomic mass is 9.90. The van der Waals surface area contributed by atoms with E-state index in [1.807, 2.05) is 34.6 Å². The van der Waals surface area contributed by atoms with Crippen molar-refractivity contribution in [3.8, 4) is 23.5 Å². The first kappa shape index (κ1) is 42.6. The van der Waals surface area contributed by atoms with E-state index >= 15 is 4.39 Å². The molecule has 0 fully saturated rings. The zero-order valence-electron chi connectivity index (χ0n) is 32.6. The summed E-state index contributed by atoms with van der Waals surface area (Å²) in [4.78, 5) is 49.4. The highest BCUT2D eigenvalue weighted by Gasteiger charge is 2.29. The van der Waals surface area contributed by atoms with Gasteiger partial charge < -0.3 is 28.4 Å². The number of halogens is 1. The average molecular weight is 778 g/mol. The van der Waals surface area contributed by atoms with Crippen LogP contribution in [0.25, 0.3) is 5.95 Å². The number of amides is 1. The minimum Gasteiger partial charge on any atom is -0.497 e. The van der Waals surface area contributed by atoms with Gasteiger partial charge in [-0.05, 0) is 42.4 Å². The van der Waals surface area contributed by atoms with Gasteiger partial charge in [-0.3, -0.25) is 20.3 Å². The van der Waals surface area contributed by atoms with Crippen LogP contribution in [0.3, 0.4) is 0 Å². The first-order chi connectivity index (χ1) is 26.7. The molecule has 300 valence electrons. The molecule has 2 aromatic carbocycles. The molecule has 0 saturated heterocycles. The summed E-state index contributed by atoms with van der Waals surface area (Å²) >= 11 is 0. The molecule has 0 aliphatic rings. The molecule has 17 heteroatoms. The van der Waals surface area contributed by atoms with Crippen molar-refractivity contribution in [3.63, 3.8) is 0 Å². The van der Waals surface area contributed by atoms with E-state index in [1.54, 1.807) is 30.3 Å². The maximum absolute atomic E-state index is 16.6. The van der Waals surface area contributed by atoms with E-state index in [1.165, 1.54) is 43.2 Å². The highest BCUT2D eigenvalue weighted by atomic mass is 19.1. The summed E-state index contributed by atoms with van der Waals surface area (Å²) in [6.07, 6.45) is 3.54. The van der Waals surface area contributed by atoms with Crippen LogP contribution in [0.2, 0.25) is 0 Å². The van der Waals surface area contributed by atoms with Crippen LogP contribution in [-0.4, -0.2) is 82.3 Å². The third kappa shape index (κ3) is 12.2. The van der Waals surface area contributed by atoms with Crippen LogP contribution in [0.4, 0.5) is 9.18 Å². The van der Waals surface area contributed by atoms with Crippen LogP contribution in [0, 0.1) is 22.6 Å². The molecule has 4 aromatic rings. The normalized spacial score (nSPS) is 11.7. The maximum Gasteiger partial charge on any atom is 0.412 e. The summed E-state index contributed by atoms with van der Waals surface area (Å²) in [6, 6.07) is 11.1. The largest absolute Gasteiger partial charge is 0.497 e. The Morgan fingerprint density at radius 3 is 2.29 bits per heavy atom. The predicted octanol–water partition coefficient (Wildman–Crippen LogP) is 5.93. The standard InChI is InChI=1S/C39H48FN7O9/c1-8-26(9-2)35(49)55-23-56-37-45-34(46-47(37)36-42-15-10-16-43-36)30(29-20-28(51-7)21-31(32(29)40)53-18-17-52-24(3)48)19-25-11-13-27(14-12-25)33(41)44-38(50)54-22-39(4,5)6/h10-16,20-21,26,30H,8-9,17-19,22-23H2,1-7H3,(H2,41,44,50)/t30-/m1/s1. The van der Waals surface area contributed by atoms with Crippen molar-refractivity contribution in [1.82, 2.24) is 30.0 Å². The third-order valence-electron chi connectivity index (χ3n) is 8.20. The van der Waals surface area contributed by atoms with Crippen molar-refractivity contribution in [3.05, 3.63) is 83.2 Å². The fraction of sp³-hybridized carbons (Fsp3) is 0.436. The molecule has 16 nitrogen and oxygen atoms in total. The van der Waals surface area contributed by atoms with Gasteiger partial charge in [0.15, 0.2) is 17.4 Å². The number of alkyl carbamates (subject to hydrolysis) is 1. The number of amidine groups is 1. The Bertz CT molecular complexity index is 1950. The average Bonchev–Trinajstić information content (AvgIpc) is 3.60. The van der Waals surface area contributed by atoms with Crippen LogP contribution >= 0.6 is 0 Å². The molecule has 2 aromatic heterocycles. The highest BCUT2D eigenvalue weighted by Crippen LogP contribution is 2.37. The van der Waals surface area contributed by atoms with E-state index in [-0.39, 0.29) is 78.3 Å². The molecule has 0 spiro atoms. The first-order valence-electron chi connectivity index (χ1n) is 18.0. The number of hydrogen-bond donors (Lipinski definition) is 2. The van der Waals surface area contributed by atoms with E-state index in [2.05, 4.69) is 25.4 Å². The Morgan fingerprint density at radius 1 is 0.964 bits per heavy atom. The van der Waals surface area contributed by atoms with E-state index in [9.17, 15) is 14.4 Å². The molecule has 56 heavy (non-hydrogen) atoms. The van der Waals surface area contributed by atoms with Gasteiger partial charge in [0, 0.05) is 36.5 Å². The van der Waals surface area contributed by atoms with Crippen molar-refractivity contribution >= 4 is 23.9 Å². The highest BCUT2D eigenvalue weighted by molar-refractivity contribution is 6.04. The second kappa shape index (κ2) is 20.0. The molecule has 0 bridgehead atoms. The minimum absolute atomic E-state index is 0.0804. The van der Waals surface area contributed by atoms with Gasteiger partial charge in [0.25, 0.3) is 5.95 Å². The van der Waals surface area contributed by atoms with Gasteiger partial charge in [0.1, 0.15) is 24.8 Å². The van der Waals surface area contributed by atoms with Crippen molar-refractivity contribution in [2.24, 2.45) is 11.3 Å². The quantitative estimate of drug-likeness (QED) is 0.0301. The SMILES string of the molecule is CCC(CC)C(=O)OCOc1nc([C@H](Cc2ccc(C(=N)NC(=O)OCC(C)(C)C)cc2)c2cc(OC)cc(OCCOC(C)=O)c2F)nn1-c1ncccn1. The van der Waals surface area contributed by atoms with Gasteiger partial charge in [0.05, 0.1) is 25.6 Å². The second-order valence-electron chi connectivity index (χ2n) is 13.8. The molecular weight excluding hydrogens is 729 g/mol. The fourth-order valence-corrected chi connectivity index (χ4v) is 5.25. The Labute approximate surface area is 324 Å². The van der Waals surface area contributed by atoms with Crippen molar-refractivity contribution in [2.45, 2.75) is 66.7 Å². The monoisotopic (exact) mass is 777 g/mol. The molecule has 4 rings (SSSR count). The molecule has 0 unspecified atom stereocenters. The van der Waals surface area contributed by atoms with Gasteiger partial charge in [-0.15, -0.1) is 9.78 Å². The Kier molecular flexibility index (Phi) is 15.2. The first-order valence-corrected chi connectivity index (χ1v) is 18.0. The van der Waals surface area contributed by atoms with E-state index in [0.29, 0.717) is 24.0 Å². The number of carbonyl (C=O) groups excluding carboxylic acids is 3. The van der Waals surface area contributed by atoms with Crippen LogP contribution in [0.1, 0.15) is 82.8 Å². The summed E-state index contributed by atoms with van der Waals surface area (Å²) in [6.45, 7) is 10.2. The summed E-state index contributed by atoms with van der Waals surface area (Å²) in [5, 5.41) is 15.5. The van der Waals surface area contributed by atoms with E-state index in [4.69, 9.17) is 33.8 Å². The zero-order chi connectivity index (χ0) is 40.8. The number of carbonyl (C=O) groups is 3. The van der Waals surface area contributed by atoms with Gasteiger partial charge in [-0.1, -0.05) is 58.9 Å². The van der Waals surface area contributed by atoms with Crippen LogP contribution in [0.5, 0.6) is 17.5 Å². The van der Waals surface area contributed by atoms with Crippen molar-refractivity contribution < 1.29 is 47.2 Å². The molecular formula is C39H48FN7O9. The molecule has 0 saturated carbocycles. The number of rotatable bonds is 18. The summed E-state index contributed by atoms with van der Waals surface area (Å²) in [7, 11) is 1.42. The number of nitrogens with zero attached hydrogens (tertiary/aromatic N) is 5. The summed E-state index contributed by atoms with van der Waals surface area (Å²) in [5.41, 5.74) is 0.915. The lowest BCUT2D eigenvalue weighted by molar-refractivity contribution is -0.155. The lowest BCUT2D eigenvalue weighted by Crippen LogP contribution is -2.33. The second-order valence-corrected chi connectivity index (χ2v) is 13.8. The molecule has 0 radical (unpaired) electrons. The van der Waals surface area contributed by atoms with Crippen molar-refractivity contribution in [1.29, 1.82) is 5.41 Å². The van der Waals surface area contributed by atoms with E-state index < -0.39 is 36.6 Å². The van der Waals surface area contributed by atoms with Gasteiger partial charge in [0.2, 0.25) is 6.79 Å². The number of aromatic nitrogens is 5. The molecule has 0 aliphatic heterocycles. The number of esters is 2. The number of ether oxygens (including phenoxy) is 6. The molecule has 0 aliphatic carbocycles. The topological polar surface area (TPSA) is 199 Å². The Balaban J connectivity index is 1.73. The van der Waals surface area contributed by atoms with Crippen LogP contribution < -0.4 is 19.5 Å². The van der Waals surface area contributed by atoms with Gasteiger partial charge >= 0.3 is 24.0 Å². The Hall–Kier alpha value is -6.13. The predicted molar refractivity (Wildman–Crippen MR) is 200 cm³/mol. The molecule has 2 N–H and O–H groups in total. The Morgan fingerprint density at radius 2 is 1.66 bits per heavy atom. The minimum atomic E-state index is -0.934. The summed E-state index contributed by atoms with van der Waals surface area (Å²) in [5.74, 6) is -2.83.